The summed E-state index contributed by atoms with van der Waals surface area (Å²) in [6, 6.07) is 19.8. The zero-order chi connectivity index (χ0) is 21.8. The Morgan fingerprint density at radius 3 is 2.53 bits per heavy atom. The highest BCUT2D eigenvalue weighted by atomic mass is 16.2. The number of carbonyl (C=O) groups is 1. The molecule has 2 aliphatic heterocycles. The molecule has 3 heterocycles. The summed E-state index contributed by atoms with van der Waals surface area (Å²) in [6.45, 7) is 3.11. The summed E-state index contributed by atoms with van der Waals surface area (Å²) in [5, 5.41) is 3.64. The smallest absolute Gasteiger partial charge is 0.257 e. The Hall–Kier alpha value is -3.25. The van der Waals surface area contributed by atoms with E-state index in [9.17, 15) is 4.79 Å². The molecule has 1 fully saturated rings. The van der Waals surface area contributed by atoms with Gasteiger partial charge in [-0.25, -0.2) is 9.97 Å². The summed E-state index contributed by atoms with van der Waals surface area (Å²) in [5.74, 6) is -0.0113. The predicted octanol–water partition coefficient (Wildman–Crippen LogP) is 3.97. The van der Waals surface area contributed by atoms with Crippen molar-refractivity contribution < 1.29 is 4.79 Å². The maximum Gasteiger partial charge on any atom is 0.257 e. The molecule has 0 spiro atoms. The molecule has 1 aromatic heterocycles. The van der Waals surface area contributed by atoms with E-state index in [1.807, 2.05) is 11.0 Å². The summed E-state index contributed by atoms with van der Waals surface area (Å²) in [6.07, 6.45) is 8.06. The Morgan fingerprint density at radius 1 is 0.938 bits per heavy atom. The maximum absolute atomic E-state index is 13.5. The molecule has 2 aliphatic rings. The summed E-state index contributed by atoms with van der Waals surface area (Å²) >= 11 is 0. The molecule has 1 amide bonds. The van der Waals surface area contributed by atoms with Crippen LogP contribution in [0, 0.1) is 0 Å². The van der Waals surface area contributed by atoms with E-state index in [0.717, 1.165) is 43.6 Å². The van der Waals surface area contributed by atoms with Gasteiger partial charge in [0.1, 0.15) is 6.33 Å². The van der Waals surface area contributed by atoms with Crippen LogP contribution >= 0.6 is 0 Å². The minimum Gasteiger partial charge on any atom is -0.385 e. The van der Waals surface area contributed by atoms with Gasteiger partial charge in [-0.05, 0) is 36.5 Å². The zero-order valence-electron chi connectivity index (χ0n) is 18.2. The van der Waals surface area contributed by atoms with Crippen LogP contribution in [-0.4, -0.2) is 50.8 Å². The van der Waals surface area contributed by atoms with Crippen molar-refractivity contribution >= 4 is 11.6 Å². The van der Waals surface area contributed by atoms with E-state index in [-0.39, 0.29) is 5.91 Å². The van der Waals surface area contributed by atoms with Crippen LogP contribution in [0.4, 0.5) is 5.69 Å². The van der Waals surface area contributed by atoms with Crippen molar-refractivity contribution in [2.45, 2.75) is 44.4 Å². The van der Waals surface area contributed by atoms with E-state index in [2.05, 4.69) is 68.7 Å². The number of hydrogen-bond donors (Lipinski definition) is 1. The summed E-state index contributed by atoms with van der Waals surface area (Å²) in [7, 11) is 0. The zero-order valence-corrected chi connectivity index (χ0v) is 18.2. The minimum absolute atomic E-state index is 0.0113. The summed E-state index contributed by atoms with van der Waals surface area (Å²) in [5.41, 5.74) is 4.12. The fourth-order valence-corrected chi connectivity index (χ4v) is 5.05. The lowest BCUT2D eigenvalue weighted by atomic mass is 10.1. The van der Waals surface area contributed by atoms with Crippen molar-refractivity contribution in [1.82, 2.24) is 19.8 Å². The van der Waals surface area contributed by atoms with E-state index in [1.54, 1.807) is 12.4 Å². The SMILES string of the molecule is O=C(c1cncnc1)N1Cc2ccccc2NCC[C@@H]2CC[C@H](C1)N2Cc1ccccc1. The van der Waals surface area contributed by atoms with Crippen LogP contribution in [0.5, 0.6) is 0 Å². The molecule has 0 radical (unpaired) electrons. The van der Waals surface area contributed by atoms with Gasteiger partial charge in [0, 0.05) is 56.3 Å². The third-order valence-electron chi connectivity index (χ3n) is 6.68. The Labute approximate surface area is 189 Å². The molecule has 3 aromatic rings. The molecule has 5 rings (SSSR count). The molecule has 164 valence electrons. The lowest BCUT2D eigenvalue weighted by molar-refractivity contribution is 0.0662. The van der Waals surface area contributed by atoms with Crippen molar-refractivity contribution in [3.63, 3.8) is 0 Å². The highest BCUT2D eigenvalue weighted by Crippen LogP contribution is 2.31. The first-order valence-electron chi connectivity index (χ1n) is 11.4. The van der Waals surface area contributed by atoms with Crippen LogP contribution in [0.1, 0.15) is 40.7 Å². The van der Waals surface area contributed by atoms with Gasteiger partial charge < -0.3 is 10.2 Å². The first kappa shape index (κ1) is 20.6. The second-order valence-corrected chi connectivity index (χ2v) is 8.73. The van der Waals surface area contributed by atoms with Crippen LogP contribution in [0.25, 0.3) is 0 Å². The average Bonchev–Trinajstić information content (AvgIpc) is 3.19. The maximum atomic E-state index is 13.5. The summed E-state index contributed by atoms with van der Waals surface area (Å²) < 4.78 is 0. The molecule has 1 N–H and O–H groups in total. The molecule has 1 saturated heterocycles. The van der Waals surface area contributed by atoms with E-state index >= 15 is 0 Å². The van der Waals surface area contributed by atoms with Crippen LogP contribution in [0.15, 0.2) is 73.3 Å². The van der Waals surface area contributed by atoms with Gasteiger partial charge in [-0.2, -0.15) is 0 Å². The molecule has 2 atom stereocenters. The van der Waals surface area contributed by atoms with Gasteiger partial charge in [0.05, 0.1) is 5.56 Å². The topological polar surface area (TPSA) is 61.4 Å². The third kappa shape index (κ3) is 4.50. The van der Waals surface area contributed by atoms with Crippen LogP contribution < -0.4 is 5.32 Å². The second-order valence-electron chi connectivity index (χ2n) is 8.73. The number of nitrogens with one attached hydrogen (secondary N) is 1. The Bertz CT molecular complexity index is 1040. The normalized spacial score (nSPS) is 21.3. The van der Waals surface area contributed by atoms with Crippen molar-refractivity contribution in [2.75, 3.05) is 18.4 Å². The van der Waals surface area contributed by atoms with Crippen molar-refractivity contribution in [2.24, 2.45) is 0 Å². The van der Waals surface area contributed by atoms with Gasteiger partial charge in [-0.15, -0.1) is 0 Å². The number of rotatable bonds is 3. The monoisotopic (exact) mass is 427 g/mol. The molecule has 2 aromatic carbocycles. The molecule has 6 heteroatoms. The molecule has 32 heavy (non-hydrogen) atoms. The molecular formula is C26H29N5O. The highest BCUT2D eigenvalue weighted by molar-refractivity contribution is 5.93. The Balaban J connectivity index is 1.47. The minimum atomic E-state index is -0.0113. The summed E-state index contributed by atoms with van der Waals surface area (Å²) in [4.78, 5) is 26.3. The van der Waals surface area contributed by atoms with Gasteiger partial charge >= 0.3 is 0 Å². The number of benzene rings is 2. The predicted molar refractivity (Wildman–Crippen MR) is 125 cm³/mol. The molecule has 0 saturated carbocycles. The number of nitrogens with zero attached hydrogens (tertiary/aromatic N) is 4. The van der Waals surface area contributed by atoms with E-state index in [0.29, 0.717) is 30.7 Å². The van der Waals surface area contributed by atoms with Gasteiger partial charge in [-0.1, -0.05) is 48.5 Å². The molecule has 0 aliphatic carbocycles. The Morgan fingerprint density at radius 2 is 1.69 bits per heavy atom. The van der Waals surface area contributed by atoms with Crippen molar-refractivity contribution in [3.8, 4) is 0 Å². The number of hydrogen-bond acceptors (Lipinski definition) is 5. The standard InChI is InChI=1S/C26H29N5O/c32-26(22-14-27-19-28-15-22)30-17-21-8-4-5-9-25(21)29-13-12-23-10-11-24(18-30)31(23)16-20-6-2-1-3-7-20/h1-9,14-15,19,23-24,29H,10-13,16-18H2/t23-,24+/m0/s1. The number of para-hydroxylation sites is 1. The molecule has 0 unspecified atom stereocenters. The third-order valence-corrected chi connectivity index (χ3v) is 6.68. The average molecular weight is 428 g/mol. The number of anilines is 1. The first-order valence-corrected chi connectivity index (χ1v) is 11.4. The molecule has 6 nitrogen and oxygen atoms in total. The van der Waals surface area contributed by atoms with Crippen LogP contribution in [0.3, 0.4) is 0 Å². The highest BCUT2D eigenvalue weighted by Gasteiger charge is 2.35. The fourth-order valence-electron chi connectivity index (χ4n) is 5.05. The number of fused-ring (bicyclic) bond motifs is 3. The Kier molecular flexibility index (Phi) is 6.12. The van der Waals surface area contributed by atoms with E-state index in [4.69, 9.17) is 0 Å². The number of amides is 1. The lowest BCUT2D eigenvalue weighted by Crippen LogP contribution is -2.44. The van der Waals surface area contributed by atoms with E-state index in [1.165, 1.54) is 11.9 Å². The lowest BCUT2D eigenvalue weighted by Gasteiger charge is -2.34. The molecular weight excluding hydrogens is 398 g/mol. The largest absolute Gasteiger partial charge is 0.385 e. The van der Waals surface area contributed by atoms with Gasteiger partial charge in [0.2, 0.25) is 0 Å². The first-order chi connectivity index (χ1) is 15.8. The van der Waals surface area contributed by atoms with Gasteiger partial charge in [-0.3, -0.25) is 9.69 Å². The fraction of sp³-hybridized carbons (Fsp3) is 0.346. The second kappa shape index (κ2) is 9.49. The van der Waals surface area contributed by atoms with Gasteiger partial charge in [0.25, 0.3) is 5.91 Å². The number of carbonyl (C=O) groups excluding carboxylic acids is 1. The quantitative estimate of drug-likeness (QED) is 0.685. The number of aromatic nitrogens is 2. The van der Waals surface area contributed by atoms with Crippen LogP contribution in [0.2, 0.25) is 0 Å². The van der Waals surface area contributed by atoms with Crippen molar-refractivity contribution in [3.05, 3.63) is 90.0 Å². The van der Waals surface area contributed by atoms with E-state index < -0.39 is 0 Å². The van der Waals surface area contributed by atoms with Crippen LogP contribution in [-0.2, 0) is 13.1 Å². The molecule has 2 bridgehead atoms. The van der Waals surface area contributed by atoms with Gasteiger partial charge in [0.15, 0.2) is 0 Å². The van der Waals surface area contributed by atoms with Crippen molar-refractivity contribution in [1.29, 1.82) is 0 Å².